The number of aryl methyl sites for hydroxylation is 1. The number of allylic oxidation sites excluding steroid dienone is 1. The number of rotatable bonds is 9. The minimum atomic E-state index is 0.356. The molecule has 4 aromatic rings. The molecule has 31 heavy (non-hydrogen) atoms. The molecule has 0 bridgehead atoms. The molecule has 0 aliphatic rings. The minimum absolute atomic E-state index is 0.356. The van der Waals surface area contributed by atoms with Gasteiger partial charge in [0, 0.05) is 27.7 Å². The summed E-state index contributed by atoms with van der Waals surface area (Å²) in [5.74, 6) is 2.32. The van der Waals surface area contributed by atoms with E-state index in [0.717, 1.165) is 48.8 Å². The lowest BCUT2D eigenvalue weighted by Gasteiger charge is -2.09. The Hall–Kier alpha value is -2.42. The van der Waals surface area contributed by atoms with Crippen molar-refractivity contribution in [1.82, 2.24) is 19.7 Å². The Morgan fingerprint density at radius 1 is 1.19 bits per heavy atom. The van der Waals surface area contributed by atoms with Crippen LogP contribution < -0.4 is 4.74 Å². The largest absolute Gasteiger partial charge is 0.486 e. The first-order chi connectivity index (χ1) is 15.1. The highest BCUT2D eigenvalue weighted by atomic mass is 79.9. The summed E-state index contributed by atoms with van der Waals surface area (Å²) in [6.07, 6.45) is 1.85. The first-order valence-corrected chi connectivity index (χ1v) is 12.3. The number of hydrogen-bond acceptors (Lipinski definition) is 6. The maximum absolute atomic E-state index is 5.92. The van der Waals surface area contributed by atoms with Crippen molar-refractivity contribution < 1.29 is 4.74 Å². The zero-order valence-corrected chi connectivity index (χ0v) is 20.2. The van der Waals surface area contributed by atoms with E-state index in [-0.39, 0.29) is 0 Å². The molecule has 0 saturated carbocycles. The van der Waals surface area contributed by atoms with E-state index in [1.807, 2.05) is 54.0 Å². The number of aromatic nitrogens is 4. The van der Waals surface area contributed by atoms with Gasteiger partial charge in [-0.15, -0.1) is 28.1 Å². The van der Waals surface area contributed by atoms with Crippen LogP contribution in [0.25, 0.3) is 10.6 Å². The van der Waals surface area contributed by atoms with Crippen molar-refractivity contribution in [2.75, 3.05) is 0 Å². The van der Waals surface area contributed by atoms with Crippen molar-refractivity contribution in [3.63, 3.8) is 0 Å². The average Bonchev–Trinajstić information content (AvgIpc) is 3.38. The van der Waals surface area contributed by atoms with E-state index in [2.05, 4.69) is 50.2 Å². The second-order valence-electron chi connectivity index (χ2n) is 6.85. The zero-order valence-electron chi connectivity index (χ0n) is 17.0. The van der Waals surface area contributed by atoms with Crippen LogP contribution in [0.4, 0.5) is 0 Å². The van der Waals surface area contributed by atoms with Gasteiger partial charge in [-0.05, 0) is 36.8 Å². The van der Waals surface area contributed by atoms with Crippen molar-refractivity contribution in [2.24, 2.45) is 0 Å². The molecule has 5 nitrogen and oxygen atoms in total. The molecule has 0 amide bonds. The molecule has 0 saturated heterocycles. The standard InChI is InChI=1S/C23H21BrN4OS2/c1-3-10-28-21(13-29-20-9-4-6-16(2)11-20)26-27-23(28)31-15-19-14-30-22(25-19)17-7-5-8-18(24)12-17/h3-9,11-12,14H,1,10,13,15H2,2H3. The van der Waals surface area contributed by atoms with Gasteiger partial charge in [0.05, 0.1) is 5.69 Å². The van der Waals surface area contributed by atoms with Crippen molar-refractivity contribution in [3.05, 3.63) is 88.1 Å². The predicted octanol–water partition coefficient (Wildman–Crippen LogP) is 6.53. The third-order valence-electron chi connectivity index (χ3n) is 4.44. The van der Waals surface area contributed by atoms with Crippen LogP contribution in [0.3, 0.4) is 0 Å². The quantitative estimate of drug-likeness (QED) is 0.188. The Labute approximate surface area is 198 Å². The first kappa shape index (κ1) is 21.8. The molecule has 2 aromatic carbocycles. The summed E-state index contributed by atoms with van der Waals surface area (Å²) in [4.78, 5) is 4.78. The fourth-order valence-electron chi connectivity index (χ4n) is 2.96. The Morgan fingerprint density at radius 3 is 2.87 bits per heavy atom. The summed E-state index contributed by atoms with van der Waals surface area (Å²) >= 11 is 6.79. The molecule has 2 heterocycles. The Morgan fingerprint density at radius 2 is 2.06 bits per heavy atom. The number of halogens is 1. The maximum Gasteiger partial charge on any atom is 0.191 e. The Balaban J connectivity index is 1.43. The number of hydrogen-bond donors (Lipinski definition) is 0. The third kappa shape index (κ3) is 5.64. The van der Waals surface area contributed by atoms with Crippen LogP contribution >= 0.6 is 39.0 Å². The number of ether oxygens (including phenoxy) is 1. The fourth-order valence-corrected chi connectivity index (χ4v) is 5.14. The summed E-state index contributed by atoms with van der Waals surface area (Å²) in [7, 11) is 0. The Bertz CT molecular complexity index is 1190. The molecule has 0 N–H and O–H groups in total. The number of thioether (sulfide) groups is 1. The zero-order chi connectivity index (χ0) is 21.6. The normalized spacial score (nSPS) is 10.9. The van der Waals surface area contributed by atoms with E-state index in [1.54, 1.807) is 23.1 Å². The van der Waals surface area contributed by atoms with Crippen molar-refractivity contribution in [2.45, 2.75) is 31.0 Å². The smallest absolute Gasteiger partial charge is 0.191 e. The van der Waals surface area contributed by atoms with Crippen molar-refractivity contribution in [3.8, 4) is 16.3 Å². The lowest BCUT2D eigenvalue weighted by atomic mass is 10.2. The van der Waals surface area contributed by atoms with Crippen LogP contribution in [0, 0.1) is 6.92 Å². The molecule has 158 valence electrons. The lowest BCUT2D eigenvalue weighted by molar-refractivity contribution is 0.289. The van der Waals surface area contributed by atoms with Gasteiger partial charge in [-0.25, -0.2) is 4.98 Å². The number of thiazole rings is 1. The summed E-state index contributed by atoms with van der Waals surface area (Å²) < 4.78 is 9.00. The molecule has 0 unspecified atom stereocenters. The molecule has 8 heteroatoms. The fraction of sp³-hybridized carbons (Fsp3) is 0.174. The maximum atomic E-state index is 5.92. The second-order valence-corrected chi connectivity index (χ2v) is 9.56. The van der Waals surface area contributed by atoms with Crippen LogP contribution in [0.5, 0.6) is 5.75 Å². The minimum Gasteiger partial charge on any atom is -0.486 e. The van der Waals surface area contributed by atoms with Crippen LogP contribution in [0.2, 0.25) is 0 Å². The summed E-state index contributed by atoms with van der Waals surface area (Å²) in [5.41, 5.74) is 3.29. The van der Waals surface area contributed by atoms with Gasteiger partial charge in [-0.1, -0.05) is 58.0 Å². The van der Waals surface area contributed by atoms with E-state index in [4.69, 9.17) is 9.72 Å². The molecule has 2 aromatic heterocycles. The van der Waals surface area contributed by atoms with Gasteiger partial charge in [0.25, 0.3) is 0 Å². The van der Waals surface area contributed by atoms with Crippen LogP contribution in [-0.2, 0) is 18.9 Å². The van der Waals surface area contributed by atoms with E-state index in [9.17, 15) is 0 Å². The monoisotopic (exact) mass is 512 g/mol. The van der Waals surface area contributed by atoms with Gasteiger partial charge in [0.15, 0.2) is 11.0 Å². The van der Waals surface area contributed by atoms with E-state index < -0.39 is 0 Å². The molecule has 4 rings (SSSR count). The topological polar surface area (TPSA) is 52.8 Å². The Kier molecular flexibility index (Phi) is 7.21. The van der Waals surface area contributed by atoms with Gasteiger partial charge < -0.3 is 4.74 Å². The molecule has 0 fully saturated rings. The van der Waals surface area contributed by atoms with Gasteiger partial charge in [-0.3, -0.25) is 4.57 Å². The van der Waals surface area contributed by atoms with Gasteiger partial charge in [0.1, 0.15) is 17.4 Å². The summed E-state index contributed by atoms with van der Waals surface area (Å²) in [6, 6.07) is 16.2. The summed E-state index contributed by atoms with van der Waals surface area (Å²) in [5, 5.41) is 12.7. The first-order valence-electron chi connectivity index (χ1n) is 9.68. The predicted molar refractivity (Wildman–Crippen MR) is 131 cm³/mol. The molecule has 0 radical (unpaired) electrons. The van der Waals surface area contributed by atoms with Crippen molar-refractivity contribution in [1.29, 1.82) is 0 Å². The van der Waals surface area contributed by atoms with Gasteiger partial charge >= 0.3 is 0 Å². The highest BCUT2D eigenvalue weighted by Gasteiger charge is 2.14. The summed E-state index contributed by atoms with van der Waals surface area (Å²) in [6.45, 7) is 6.90. The molecule has 0 spiro atoms. The van der Waals surface area contributed by atoms with E-state index in [0.29, 0.717) is 13.2 Å². The molecule has 0 aliphatic heterocycles. The lowest BCUT2D eigenvalue weighted by Crippen LogP contribution is -2.07. The number of nitrogens with zero attached hydrogens (tertiary/aromatic N) is 4. The molecular formula is C23H21BrN4OS2. The van der Waals surface area contributed by atoms with Crippen LogP contribution in [-0.4, -0.2) is 19.7 Å². The van der Waals surface area contributed by atoms with Crippen LogP contribution in [0.15, 0.2) is 76.2 Å². The second kappa shape index (κ2) is 10.3. The van der Waals surface area contributed by atoms with Gasteiger partial charge in [0.2, 0.25) is 0 Å². The third-order valence-corrected chi connectivity index (χ3v) is 6.87. The molecule has 0 atom stereocenters. The van der Waals surface area contributed by atoms with Gasteiger partial charge in [-0.2, -0.15) is 0 Å². The highest BCUT2D eigenvalue weighted by molar-refractivity contribution is 9.10. The average molecular weight is 513 g/mol. The number of benzene rings is 2. The van der Waals surface area contributed by atoms with E-state index in [1.165, 1.54) is 0 Å². The van der Waals surface area contributed by atoms with Crippen LogP contribution in [0.1, 0.15) is 17.1 Å². The SMILES string of the molecule is C=CCn1c(COc2cccc(C)c2)nnc1SCc1csc(-c2cccc(Br)c2)n1. The molecule has 0 aliphatic carbocycles. The van der Waals surface area contributed by atoms with Crippen molar-refractivity contribution >= 4 is 39.0 Å². The van der Waals surface area contributed by atoms with E-state index >= 15 is 0 Å². The molecular weight excluding hydrogens is 492 g/mol. The highest BCUT2D eigenvalue weighted by Crippen LogP contribution is 2.29.